The second-order valence-corrected chi connectivity index (χ2v) is 35.5. The van der Waals surface area contributed by atoms with Crippen molar-refractivity contribution in [2.45, 2.75) is 183 Å². The van der Waals surface area contributed by atoms with Gasteiger partial charge < -0.3 is 40.9 Å². The van der Waals surface area contributed by atoms with Crippen molar-refractivity contribution >= 4 is 46.9 Å². The standard InChI is InChI=1S/4C25H27N5O/c1-15-6-9-22(27-13-15)29-20-11-18-12-21(20)30(14-18)25(31)19-8-7-17(3)28-24(19)23-16(2)5-4-10-26-23;1-15-6-9-22(27-13-15)29-20-11-18-12-21(20)30(14-18)25(31)24-19(8-7-17(3)28-24)23-16(2)5-4-10-26-23;1-15-6-7-21(28-13-15)29-19-11-18-12-20(19)30(14-18)25(31)24-22(16(2)8-10-27-24)23-17(3)5-4-9-26-23;1-15-6-7-22(27-12-15)29-20-10-18-11-21(20)30(14-18)25(31)19-9-16(2)13-28-24(19)23-17(3)5-4-8-26-23/h2*4-10,13,18,20-21H,11-12,14H2,1-3H3,(H,27,29);4-10,13,18-20H,11-12,14H2,1-3H3,(H,28,29);4-9,12-13,18,20-21H,10-11,14H2,1-3H3,(H,27,29). The second kappa shape index (κ2) is 35.8. The zero-order valence-electron chi connectivity index (χ0n) is 72.7. The SMILES string of the molecule is Cc1ccc(NC2CC3CC2N(C(=O)c2cc(C)cnc2-c2ncccc2C)C3)nc1.Cc1ccc(NC2CC3CC2N(C(=O)c2ccc(C)nc2-c2ncccc2C)C3)nc1.Cc1ccc(NC2CC3CC2N(C(=O)c2nc(C)ccc2-c2ncccc2C)C3)nc1.Cc1ccc(NC2CC3CC2N(C(=O)c2nccc(C)c2-c2ncccc2C)C3)nc1. The van der Waals surface area contributed by atoms with Crippen LogP contribution in [0.25, 0.3) is 45.3 Å². The number of fused-ring (bicyclic) bond motifs is 8. The summed E-state index contributed by atoms with van der Waals surface area (Å²) in [6.45, 7) is 27.2. The van der Waals surface area contributed by atoms with Gasteiger partial charge in [-0.2, -0.15) is 0 Å². The summed E-state index contributed by atoms with van der Waals surface area (Å²) in [5.74, 6) is 5.65. The van der Waals surface area contributed by atoms with Crippen molar-refractivity contribution in [3.8, 4) is 45.3 Å². The molecule has 8 aliphatic rings. The van der Waals surface area contributed by atoms with Gasteiger partial charge in [0.1, 0.15) is 46.0 Å². The smallest absolute Gasteiger partial charge is 0.273 e. The fourth-order valence-corrected chi connectivity index (χ4v) is 20.0. The molecule has 4 aliphatic heterocycles. The molecule has 20 rings (SSSR count). The number of carbonyl (C=O) groups excluding carboxylic acids is 4. The first-order chi connectivity index (χ1) is 60.0. The number of aromatic nitrogens is 12. The maximum absolute atomic E-state index is 13.8. The van der Waals surface area contributed by atoms with Crippen LogP contribution < -0.4 is 21.3 Å². The number of hydrogen-bond acceptors (Lipinski definition) is 20. The highest BCUT2D eigenvalue weighted by atomic mass is 16.2. The third-order valence-electron chi connectivity index (χ3n) is 26.0. The van der Waals surface area contributed by atoms with Gasteiger partial charge in [0.05, 0.1) is 58.1 Å². The van der Waals surface area contributed by atoms with Crippen molar-refractivity contribution in [2.24, 2.45) is 23.7 Å². The van der Waals surface area contributed by atoms with Gasteiger partial charge in [-0.3, -0.25) is 54.1 Å². The Kier molecular flexibility index (Phi) is 24.0. The molecule has 12 aromatic heterocycles. The molecule has 0 spiro atoms. The zero-order chi connectivity index (χ0) is 86.1. The number of anilines is 4. The zero-order valence-corrected chi connectivity index (χ0v) is 72.7. The van der Waals surface area contributed by atoms with Crippen LogP contribution in [0.4, 0.5) is 23.3 Å². The van der Waals surface area contributed by atoms with Gasteiger partial charge in [-0.15, -0.1) is 0 Å². The molecule has 8 bridgehead atoms. The molecule has 4 saturated heterocycles. The molecule has 12 atom stereocenters. The summed E-state index contributed by atoms with van der Waals surface area (Å²) in [4.78, 5) is 118. The van der Waals surface area contributed by atoms with E-state index >= 15 is 0 Å². The molecule has 24 nitrogen and oxygen atoms in total. The number of nitrogens with one attached hydrogen (secondary N) is 4. The van der Waals surface area contributed by atoms with E-state index in [4.69, 9.17) is 4.98 Å². The van der Waals surface area contributed by atoms with E-state index in [9.17, 15) is 19.2 Å². The van der Waals surface area contributed by atoms with E-state index in [1.807, 2.05) is 243 Å². The average Bonchev–Trinajstić information content (AvgIpc) is 1.60. The summed E-state index contributed by atoms with van der Waals surface area (Å²) < 4.78 is 0. The van der Waals surface area contributed by atoms with Gasteiger partial charge in [0.15, 0.2) is 0 Å². The molecule has 4 amide bonds. The molecule has 4 N–H and O–H groups in total. The van der Waals surface area contributed by atoms with Crippen LogP contribution in [0, 0.1) is 107 Å². The Labute approximate surface area is 725 Å². The van der Waals surface area contributed by atoms with E-state index in [2.05, 4.69) is 100 Å². The Bertz CT molecular complexity index is 5650. The van der Waals surface area contributed by atoms with E-state index in [1.54, 1.807) is 31.0 Å². The summed E-state index contributed by atoms with van der Waals surface area (Å²) in [5.41, 5.74) is 20.8. The molecular formula is C100H108N20O4. The van der Waals surface area contributed by atoms with E-state index in [0.29, 0.717) is 57.6 Å². The first-order valence-corrected chi connectivity index (χ1v) is 43.6. The van der Waals surface area contributed by atoms with Crippen LogP contribution in [0.1, 0.15) is 160 Å². The van der Waals surface area contributed by atoms with Crippen molar-refractivity contribution in [2.75, 3.05) is 47.4 Å². The quantitative estimate of drug-likeness (QED) is 0.0699. The number of pyridine rings is 12. The number of amides is 4. The Morgan fingerprint density at radius 1 is 0.290 bits per heavy atom. The van der Waals surface area contributed by atoms with Crippen LogP contribution >= 0.6 is 0 Å². The van der Waals surface area contributed by atoms with E-state index in [0.717, 1.165) is 202 Å². The van der Waals surface area contributed by atoms with E-state index in [-0.39, 0.29) is 72.0 Å². The Morgan fingerprint density at radius 3 is 1.06 bits per heavy atom. The number of likely N-dealkylation sites (tertiary alicyclic amines) is 4. The molecule has 12 unspecified atom stereocenters. The Hall–Kier alpha value is -13.1. The van der Waals surface area contributed by atoms with E-state index < -0.39 is 0 Å². The third-order valence-corrected chi connectivity index (χ3v) is 26.0. The first-order valence-electron chi connectivity index (χ1n) is 43.6. The average molecular weight is 1650 g/mol. The number of aryl methyl sites for hydroxylation is 12. The number of piperidine rings is 4. The van der Waals surface area contributed by atoms with Gasteiger partial charge in [-0.1, -0.05) is 48.5 Å². The van der Waals surface area contributed by atoms with Crippen molar-refractivity contribution < 1.29 is 19.2 Å². The van der Waals surface area contributed by atoms with Crippen LogP contribution in [0.15, 0.2) is 195 Å². The minimum absolute atomic E-state index is 0.000353. The molecule has 124 heavy (non-hydrogen) atoms. The summed E-state index contributed by atoms with van der Waals surface area (Å²) in [6.07, 6.45) is 26.5. The van der Waals surface area contributed by atoms with Gasteiger partial charge in [-0.05, 0) is 299 Å². The lowest BCUT2D eigenvalue weighted by Crippen LogP contribution is -2.48. The fraction of sp³-hybridized carbons (Fsp3) is 0.360. The van der Waals surface area contributed by atoms with Crippen LogP contribution in [-0.2, 0) is 0 Å². The maximum atomic E-state index is 13.8. The molecule has 4 aliphatic carbocycles. The maximum Gasteiger partial charge on any atom is 0.273 e. The molecule has 8 fully saturated rings. The third kappa shape index (κ3) is 17.7. The predicted octanol–water partition coefficient (Wildman–Crippen LogP) is 16.7. The molecule has 16 heterocycles. The van der Waals surface area contributed by atoms with E-state index in [1.165, 1.54) is 0 Å². The number of nitrogens with zero attached hydrogens (tertiary/aromatic N) is 16. The topological polar surface area (TPSA) is 284 Å². The van der Waals surface area contributed by atoms with Crippen LogP contribution in [0.2, 0.25) is 0 Å². The highest BCUT2D eigenvalue weighted by Crippen LogP contribution is 2.46. The minimum atomic E-state index is -0.000353. The van der Waals surface area contributed by atoms with Crippen molar-refractivity contribution in [3.05, 3.63) is 285 Å². The first kappa shape index (κ1) is 83.2. The molecular weight excluding hydrogens is 1550 g/mol. The molecule has 632 valence electrons. The normalized spacial score (nSPS) is 22.0. The fourth-order valence-electron chi connectivity index (χ4n) is 20.0. The van der Waals surface area contributed by atoms with Gasteiger partial charge in [-0.25, -0.2) is 24.9 Å². The highest BCUT2D eigenvalue weighted by molar-refractivity contribution is 6.03. The van der Waals surface area contributed by atoms with Crippen LogP contribution in [0.5, 0.6) is 0 Å². The van der Waals surface area contributed by atoms with Crippen LogP contribution in [0.3, 0.4) is 0 Å². The van der Waals surface area contributed by atoms with Crippen molar-refractivity contribution in [1.82, 2.24) is 79.4 Å². The number of hydrogen-bond donors (Lipinski definition) is 4. The molecule has 4 saturated carbocycles. The van der Waals surface area contributed by atoms with Crippen molar-refractivity contribution in [1.29, 1.82) is 0 Å². The molecule has 0 radical (unpaired) electrons. The number of rotatable bonds is 16. The highest BCUT2D eigenvalue weighted by Gasteiger charge is 2.52. The van der Waals surface area contributed by atoms with Crippen molar-refractivity contribution in [3.63, 3.8) is 0 Å². The molecule has 0 aromatic carbocycles. The summed E-state index contributed by atoms with van der Waals surface area (Å²) in [5, 5.41) is 14.3. The monoisotopic (exact) mass is 1650 g/mol. The van der Waals surface area contributed by atoms with Gasteiger partial charge in [0.2, 0.25) is 0 Å². The lowest BCUT2D eigenvalue weighted by atomic mass is 9.98. The van der Waals surface area contributed by atoms with Gasteiger partial charge in [0.25, 0.3) is 23.6 Å². The molecule has 24 heteroatoms. The Balaban J connectivity index is 0.000000117. The Morgan fingerprint density at radius 2 is 0.653 bits per heavy atom. The largest absolute Gasteiger partial charge is 0.365 e. The summed E-state index contributed by atoms with van der Waals surface area (Å²) >= 11 is 0. The summed E-state index contributed by atoms with van der Waals surface area (Å²) in [6, 6.07) is 45.1. The number of carbonyl (C=O) groups is 4. The van der Waals surface area contributed by atoms with Gasteiger partial charge >= 0.3 is 0 Å². The minimum Gasteiger partial charge on any atom is -0.365 e. The lowest BCUT2D eigenvalue weighted by molar-refractivity contribution is 0.0680. The molecule has 12 aromatic rings. The van der Waals surface area contributed by atoms with Gasteiger partial charge in [0, 0.05) is 135 Å². The van der Waals surface area contributed by atoms with Crippen LogP contribution in [-0.4, -0.2) is 178 Å². The predicted molar refractivity (Wildman–Crippen MR) is 484 cm³/mol. The lowest BCUT2D eigenvalue weighted by Gasteiger charge is -2.34. The second-order valence-electron chi connectivity index (χ2n) is 35.5. The summed E-state index contributed by atoms with van der Waals surface area (Å²) in [7, 11) is 0.